The highest BCUT2D eigenvalue weighted by Crippen LogP contribution is 2.25. The number of rotatable bonds is 6. The van der Waals surface area contributed by atoms with E-state index in [1.807, 2.05) is 24.3 Å². The second-order valence-electron chi connectivity index (χ2n) is 4.74. The number of halogens is 2. The van der Waals surface area contributed by atoms with Crippen LogP contribution in [-0.2, 0) is 16.0 Å². The summed E-state index contributed by atoms with van der Waals surface area (Å²) in [6, 6.07) is 13.7. The molecule has 23 heavy (non-hydrogen) atoms. The fourth-order valence-electron chi connectivity index (χ4n) is 1.94. The highest BCUT2D eigenvalue weighted by Gasteiger charge is 2.24. The van der Waals surface area contributed by atoms with Gasteiger partial charge in [-0.1, -0.05) is 12.1 Å². The smallest absolute Gasteiger partial charge is 0.325 e. The van der Waals surface area contributed by atoms with Crippen molar-refractivity contribution in [2.45, 2.75) is 12.5 Å². The van der Waals surface area contributed by atoms with Gasteiger partial charge in [0.15, 0.2) is 0 Å². The lowest BCUT2D eigenvalue weighted by molar-refractivity contribution is -0.143. The fraction of sp³-hybridized carbons (Fsp3) is 0.188. The predicted octanol–water partition coefficient (Wildman–Crippen LogP) is 4.27. The minimum atomic E-state index is -0.343. The van der Waals surface area contributed by atoms with Gasteiger partial charge in [0.25, 0.3) is 0 Å². The predicted molar refractivity (Wildman–Crippen MR) is 104 cm³/mol. The number of ether oxygens (including phenoxy) is 2. The van der Waals surface area contributed by atoms with E-state index in [2.05, 4.69) is 45.7 Å². The van der Waals surface area contributed by atoms with Crippen molar-refractivity contribution in [2.75, 3.05) is 7.11 Å². The summed E-state index contributed by atoms with van der Waals surface area (Å²) in [4.78, 5) is 11.8. The van der Waals surface area contributed by atoms with Gasteiger partial charge in [-0.05, 0) is 42.0 Å². The Labute approximate surface area is 162 Å². The molecule has 0 unspecified atom stereocenters. The van der Waals surface area contributed by atoms with Gasteiger partial charge in [0, 0.05) is 52.1 Å². The Balaban J connectivity index is 2.03. The zero-order valence-electron chi connectivity index (χ0n) is 12.3. The van der Waals surface area contributed by atoms with Crippen LogP contribution in [0.25, 0.3) is 0 Å². The molecule has 0 aromatic heterocycles. The first-order valence-corrected chi connectivity index (χ1v) is 8.67. The van der Waals surface area contributed by atoms with Crippen molar-refractivity contribution in [3.8, 4) is 17.2 Å². The highest BCUT2D eigenvalue weighted by atomic mass is 127. The molecular weight excluding hydrogens is 524 g/mol. The van der Waals surface area contributed by atoms with Crippen LogP contribution in [-0.4, -0.2) is 25.6 Å². The van der Waals surface area contributed by atoms with Gasteiger partial charge in [0.1, 0.15) is 23.3 Å². The molecule has 0 amide bonds. The van der Waals surface area contributed by atoms with Crippen LogP contribution in [0.1, 0.15) is 5.56 Å². The molecule has 1 N–H and O–H groups in total. The first-order chi connectivity index (χ1) is 11.0. The molecule has 0 aliphatic carbocycles. The average Bonchev–Trinajstić information content (AvgIpc) is 2.55. The molecule has 0 radical (unpaired) electrons. The zero-order chi connectivity index (χ0) is 16.8. The third-order valence-corrected chi connectivity index (χ3v) is 4.48. The molecule has 1 atom stereocenters. The van der Waals surface area contributed by atoms with Gasteiger partial charge in [-0.2, -0.15) is 1.33 Å². The van der Waals surface area contributed by atoms with E-state index in [1.165, 1.54) is 7.11 Å². The van der Waals surface area contributed by atoms with Crippen molar-refractivity contribution < 1.29 is 19.4 Å². The molecule has 0 aliphatic rings. The van der Waals surface area contributed by atoms with Crippen molar-refractivity contribution >= 4 is 51.7 Å². The van der Waals surface area contributed by atoms with Crippen LogP contribution in [0, 0.1) is 0 Å². The number of phenolic OH excluding ortho intramolecular Hbond substituents is 1. The van der Waals surface area contributed by atoms with Crippen LogP contribution >= 0.6 is 45.7 Å². The third-order valence-electron chi connectivity index (χ3n) is 3.13. The molecule has 0 saturated heterocycles. The number of carbonyl (C=O) groups is 1. The van der Waals surface area contributed by atoms with Gasteiger partial charge in [0.05, 0.1) is 7.11 Å². The Morgan fingerprint density at radius 3 is 2.09 bits per heavy atom. The first-order valence-electron chi connectivity index (χ1n) is 6.74. The van der Waals surface area contributed by atoms with Gasteiger partial charge in [0.2, 0.25) is 0 Å². The Morgan fingerprint density at radius 2 is 1.61 bits per heavy atom. The van der Waals surface area contributed by atoms with Gasteiger partial charge >= 0.3 is 5.97 Å². The number of esters is 1. The zero-order valence-corrected chi connectivity index (χ0v) is 16.6. The summed E-state index contributed by atoms with van der Waals surface area (Å²) in [5, 5.41) is 9.25. The molecule has 2 aromatic carbocycles. The molecule has 2 rings (SSSR count). The summed E-state index contributed by atoms with van der Waals surface area (Å²) in [6.07, 6.45) is 0.554. The van der Waals surface area contributed by atoms with Crippen LogP contribution < -0.4 is 4.74 Å². The molecule has 0 spiro atoms. The van der Waals surface area contributed by atoms with Crippen molar-refractivity contribution in [1.29, 1.82) is 0 Å². The lowest BCUT2D eigenvalue weighted by atomic mass is 10.1. The topological polar surface area (TPSA) is 59.0 Å². The number of nitrogens with zero attached hydrogens (tertiary/aromatic N) is 1. The lowest BCUT2D eigenvalue weighted by Crippen LogP contribution is -2.32. The quantitative estimate of drug-likeness (QED) is 0.338. The van der Waals surface area contributed by atoms with E-state index >= 15 is 0 Å². The van der Waals surface area contributed by atoms with Crippen LogP contribution in [0.15, 0.2) is 48.5 Å². The average molecular weight is 539 g/mol. The van der Waals surface area contributed by atoms with E-state index in [9.17, 15) is 9.90 Å². The number of hydrogen-bond acceptors (Lipinski definition) is 5. The van der Waals surface area contributed by atoms with Crippen LogP contribution in [0.3, 0.4) is 0 Å². The molecule has 0 saturated carbocycles. The second kappa shape index (κ2) is 8.69. The highest BCUT2D eigenvalue weighted by molar-refractivity contribution is 14.2. The van der Waals surface area contributed by atoms with E-state index < -0.39 is 0 Å². The molecule has 5 nitrogen and oxygen atoms in total. The number of aromatic hydroxyl groups is 1. The minimum Gasteiger partial charge on any atom is -0.508 e. The minimum absolute atomic E-state index is 0.198. The Bertz CT molecular complexity index is 644. The molecule has 0 heterocycles. The summed E-state index contributed by atoms with van der Waals surface area (Å²) in [5.41, 5.74) is 1.01. The molecule has 0 bridgehead atoms. The molecule has 122 valence electrons. The normalized spacial score (nSPS) is 12.0. The summed E-state index contributed by atoms with van der Waals surface area (Å²) in [5.74, 6) is 1.27. The first kappa shape index (κ1) is 18.3. The van der Waals surface area contributed by atoms with Crippen molar-refractivity contribution in [1.82, 2.24) is 1.33 Å². The Kier molecular flexibility index (Phi) is 6.90. The SMILES string of the molecule is COC(=O)[C@H](Cc1ccc(Oc2ccc(O)cc2)cc1)N(I)I. The molecule has 7 heteroatoms. The van der Waals surface area contributed by atoms with Crippen LogP contribution in [0.4, 0.5) is 0 Å². The van der Waals surface area contributed by atoms with E-state index in [0.717, 1.165) is 5.56 Å². The number of hydrogen-bond donors (Lipinski definition) is 1. The van der Waals surface area contributed by atoms with Gasteiger partial charge in [-0.25, -0.2) is 0 Å². The third kappa shape index (κ3) is 5.50. The largest absolute Gasteiger partial charge is 0.508 e. The Hall–Kier alpha value is -1.07. The number of carbonyl (C=O) groups excluding carboxylic acids is 1. The summed E-state index contributed by atoms with van der Waals surface area (Å²) >= 11 is 4.14. The molecule has 2 aromatic rings. The van der Waals surface area contributed by atoms with Crippen LogP contribution in [0.5, 0.6) is 17.2 Å². The summed E-state index contributed by atoms with van der Waals surface area (Å²) in [7, 11) is 1.39. The van der Waals surface area contributed by atoms with E-state index in [4.69, 9.17) is 9.47 Å². The van der Waals surface area contributed by atoms with E-state index in [1.54, 1.807) is 25.6 Å². The maximum absolute atomic E-state index is 11.8. The maximum Gasteiger partial charge on any atom is 0.325 e. The monoisotopic (exact) mass is 539 g/mol. The van der Waals surface area contributed by atoms with Crippen molar-refractivity contribution in [3.05, 3.63) is 54.1 Å². The second-order valence-corrected chi connectivity index (χ2v) is 8.67. The lowest BCUT2D eigenvalue weighted by Gasteiger charge is -2.18. The standard InChI is InChI=1S/C16H15I2NO4/c1-22-16(21)15(19(17)18)10-11-2-6-13(7-3-11)23-14-8-4-12(20)5-9-14/h2-9,15,20H,10H2,1H3/t15-/m0/s1. The van der Waals surface area contributed by atoms with Crippen molar-refractivity contribution in [3.63, 3.8) is 0 Å². The van der Waals surface area contributed by atoms with Gasteiger partial charge < -0.3 is 14.6 Å². The van der Waals surface area contributed by atoms with Crippen LogP contribution in [0.2, 0.25) is 0 Å². The fourth-order valence-corrected chi connectivity index (χ4v) is 2.78. The summed E-state index contributed by atoms with van der Waals surface area (Å²) in [6.45, 7) is 0. The van der Waals surface area contributed by atoms with Crippen molar-refractivity contribution in [2.24, 2.45) is 0 Å². The number of methoxy groups -OCH3 is 1. The van der Waals surface area contributed by atoms with E-state index in [0.29, 0.717) is 17.9 Å². The molecular formula is C16H15I2NO4. The van der Waals surface area contributed by atoms with Gasteiger partial charge in [-0.3, -0.25) is 4.79 Å². The summed E-state index contributed by atoms with van der Waals surface area (Å²) < 4.78 is 12.3. The number of benzene rings is 2. The molecule has 0 aliphatic heterocycles. The van der Waals surface area contributed by atoms with E-state index in [-0.39, 0.29) is 17.8 Å². The van der Waals surface area contributed by atoms with Gasteiger partial charge in [-0.15, -0.1) is 0 Å². The Morgan fingerprint density at radius 1 is 1.09 bits per heavy atom. The maximum atomic E-state index is 11.8. The molecule has 0 fully saturated rings. The number of phenols is 1.